The minimum atomic E-state index is -0.285. The second kappa shape index (κ2) is 8.63. The Labute approximate surface area is 169 Å². The van der Waals surface area contributed by atoms with Gasteiger partial charge in [-0.1, -0.05) is 25.0 Å². The average molecular weight is 399 g/mol. The summed E-state index contributed by atoms with van der Waals surface area (Å²) < 4.78 is 14.7. The van der Waals surface area contributed by atoms with Crippen LogP contribution in [0.1, 0.15) is 50.1 Å². The lowest BCUT2D eigenvalue weighted by Crippen LogP contribution is -2.35. The van der Waals surface area contributed by atoms with Crippen LogP contribution in [0.15, 0.2) is 36.7 Å². The maximum atomic E-state index is 13.2. The summed E-state index contributed by atoms with van der Waals surface area (Å²) in [4.78, 5) is 26.7. The Balaban J connectivity index is 1.33. The van der Waals surface area contributed by atoms with E-state index in [4.69, 9.17) is 0 Å². The van der Waals surface area contributed by atoms with E-state index in [2.05, 4.69) is 15.7 Å². The summed E-state index contributed by atoms with van der Waals surface area (Å²) in [7, 11) is 0. The van der Waals surface area contributed by atoms with E-state index in [1.807, 2.05) is 0 Å². The largest absolute Gasteiger partial charge is 0.352 e. The zero-order valence-corrected chi connectivity index (χ0v) is 16.3. The van der Waals surface area contributed by atoms with Gasteiger partial charge in [-0.25, -0.2) is 9.18 Å². The van der Waals surface area contributed by atoms with Crippen LogP contribution in [0.4, 0.5) is 14.9 Å². The van der Waals surface area contributed by atoms with Crippen LogP contribution in [0.25, 0.3) is 0 Å². The molecule has 2 N–H and O–H groups in total. The van der Waals surface area contributed by atoms with Crippen molar-refractivity contribution in [3.8, 4) is 0 Å². The molecule has 2 aromatic rings. The molecule has 0 bridgehead atoms. The first-order valence-electron chi connectivity index (χ1n) is 10.2. The summed E-state index contributed by atoms with van der Waals surface area (Å²) >= 11 is 0. The summed E-state index contributed by atoms with van der Waals surface area (Å²) in [5.41, 5.74) is 1.48. The summed E-state index contributed by atoms with van der Waals surface area (Å²) in [5.74, 6) is -0.346. The Kier molecular flexibility index (Phi) is 5.78. The lowest BCUT2D eigenvalue weighted by molar-refractivity contribution is -0.122. The smallest absolute Gasteiger partial charge is 0.322 e. The molecule has 1 saturated carbocycles. The highest BCUT2D eigenvalue weighted by Gasteiger charge is 2.30. The molecule has 1 aromatic heterocycles. The van der Waals surface area contributed by atoms with E-state index in [1.165, 1.54) is 16.8 Å². The number of aromatic nitrogens is 2. The Morgan fingerprint density at radius 3 is 2.62 bits per heavy atom. The number of halogens is 1. The first kappa shape index (κ1) is 19.4. The molecule has 1 aliphatic heterocycles. The minimum absolute atomic E-state index is 0.0613. The number of hydrogen-bond donors (Lipinski definition) is 2. The van der Waals surface area contributed by atoms with Gasteiger partial charge in [0.05, 0.1) is 17.9 Å². The number of carbonyl (C=O) groups is 2. The Hall–Kier alpha value is -2.90. The van der Waals surface area contributed by atoms with Crippen LogP contribution in [0.5, 0.6) is 0 Å². The van der Waals surface area contributed by atoms with E-state index in [9.17, 15) is 14.0 Å². The normalized spacial score (nSPS) is 19.5. The molecule has 1 saturated heterocycles. The molecule has 0 spiro atoms. The number of urea groups is 1. The van der Waals surface area contributed by atoms with Crippen molar-refractivity contribution in [3.05, 3.63) is 48.0 Å². The first-order chi connectivity index (χ1) is 14.1. The fourth-order valence-corrected chi connectivity index (χ4v) is 4.24. The van der Waals surface area contributed by atoms with Crippen LogP contribution in [-0.2, 0) is 11.3 Å². The van der Waals surface area contributed by atoms with Gasteiger partial charge in [-0.05, 0) is 43.4 Å². The van der Waals surface area contributed by atoms with Crippen molar-refractivity contribution in [1.82, 2.24) is 20.0 Å². The maximum absolute atomic E-state index is 13.2. The number of anilines is 1. The summed E-state index contributed by atoms with van der Waals surface area (Å²) in [6.45, 7) is 0.778. The number of carbonyl (C=O) groups excluding carboxylic acids is 2. The molecule has 7 nitrogen and oxygen atoms in total. The Morgan fingerprint density at radius 2 is 1.86 bits per heavy atom. The van der Waals surface area contributed by atoms with E-state index in [-0.39, 0.29) is 36.4 Å². The maximum Gasteiger partial charge on any atom is 0.322 e. The van der Waals surface area contributed by atoms with Gasteiger partial charge in [-0.15, -0.1) is 0 Å². The molecule has 1 aliphatic carbocycles. The lowest BCUT2D eigenvalue weighted by Gasteiger charge is -2.25. The molecule has 2 aliphatic rings. The van der Waals surface area contributed by atoms with Crippen LogP contribution in [0, 0.1) is 5.82 Å². The van der Waals surface area contributed by atoms with Crippen molar-refractivity contribution in [2.75, 3.05) is 11.9 Å². The number of hydrogen-bond acceptors (Lipinski definition) is 3. The van der Waals surface area contributed by atoms with Gasteiger partial charge in [0, 0.05) is 18.8 Å². The van der Waals surface area contributed by atoms with Crippen LogP contribution >= 0.6 is 0 Å². The van der Waals surface area contributed by atoms with Crippen LogP contribution in [0.2, 0.25) is 0 Å². The Morgan fingerprint density at radius 1 is 1.10 bits per heavy atom. The van der Waals surface area contributed by atoms with Crippen molar-refractivity contribution in [3.63, 3.8) is 0 Å². The summed E-state index contributed by atoms with van der Waals surface area (Å²) in [5, 5.41) is 10.1. The molecule has 4 rings (SSSR count). The van der Waals surface area contributed by atoms with Crippen molar-refractivity contribution >= 4 is 17.6 Å². The van der Waals surface area contributed by atoms with Gasteiger partial charge in [0.2, 0.25) is 5.91 Å². The van der Waals surface area contributed by atoms with Gasteiger partial charge in [0.25, 0.3) is 0 Å². The lowest BCUT2D eigenvalue weighted by atomic mass is 10.0. The number of nitrogens with zero attached hydrogens (tertiary/aromatic N) is 3. The highest BCUT2D eigenvalue weighted by molar-refractivity contribution is 5.89. The standard InChI is InChI=1S/C21H26FN5O2/c22-16-9-7-15(8-10-16)19-6-3-11-27(19)21(29)25-18-12-23-26(13-18)14-20(28)24-17-4-1-2-5-17/h7-10,12-13,17,19H,1-6,11,14H2,(H,24,28)(H,25,29). The van der Waals surface area contributed by atoms with Gasteiger partial charge >= 0.3 is 6.03 Å². The fraction of sp³-hybridized carbons (Fsp3) is 0.476. The van der Waals surface area contributed by atoms with Crippen molar-refractivity contribution in [2.24, 2.45) is 0 Å². The van der Waals surface area contributed by atoms with E-state index in [0.29, 0.717) is 12.2 Å². The topological polar surface area (TPSA) is 79.3 Å². The predicted molar refractivity (Wildman–Crippen MR) is 107 cm³/mol. The van der Waals surface area contributed by atoms with Gasteiger partial charge in [-0.3, -0.25) is 9.48 Å². The molecule has 2 fully saturated rings. The van der Waals surface area contributed by atoms with E-state index < -0.39 is 0 Å². The minimum Gasteiger partial charge on any atom is -0.352 e. The van der Waals surface area contributed by atoms with Crippen molar-refractivity contribution in [1.29, 1.82) is 0 Å². The van der Waals surface area contributed by atoms with Crippen molar-refractivity contribution < 1.29 is 14.0 Å². The zero-order chi connectivity index (χ0) is 20.2. The number of rotatable bonds is 5. The summed E-state index contributed by atoms with van der Waals surface area (Å²) in [6.07, 6.45) is 9.36. The number of benzene rings is 1. The molecule has 8 heteroatoms. The molecule has 2 heterocycles. The third-order valence-corrected chi connectivity index (χ3v) is 5.68. The third kappa shape index (κ3) is 4.75. The fourth-order valence-electron chi connectivity index (χ4n) is 4.24. The monoisotopic (exact) mass is 399 g/mol. The molecule has 1 unspecified atom stereocenters. The first-order valence-corrected chi connectivity index (χ1v) is 10.2. The predicted octanol–water partition coefficient (Wildman–Crippen LogP) is 3.45. The molecular weight excluding hydrogens is 373 g/mol. The van der Waals surface area contributed by atoms with E-state index in [0.717, 1.165) is 44.1 Å². The van der Waals surface area contributed by atoms with Crippen LogP contribution in [0.3, 0.4) is 0 Å². The number of likely N-dealkylation sites (tertiary alicyclic amines) is 1. The number of amides is 3. The van der Waals surface area contributed by atoms with Gasteiger partial charge in [0.1, 0.15) is 12.4 Å². The van der Waals surface area contributed by atoms with Crippen molar-refractivity contribution in [2.45, 2.75) is 57.2 Å². The highest BCUT2D eigenvalue weighted by atomic mass is 19.1. The molecule has 3 amide bonds. The van der Waals surface area contributed by atoms with E-state index >= 15 is 0 Å². The quantitative estimate of drug-likeness (QED) is 0.808. The molecule has 1 aromatic carbocycles. The number of nitrogens with one attached hydrogen (secondary N) is 2. The molecular formula is C21H26FN5O2. The van der Waals surface area contributed by atoms with E-state index in [1.54, 1.807) is 29.4 Å². The van der Waals surface area contributed by atoms with Gasteiger partial charge in [0.15, 0.2) is 0 Å². The molecule has 154 valence electrons. The van der Waals surface area contributed by atoms with Crippen LogP contribution in [-0.4, -0.2) is 39.2 Å². The second-order valence-corrected chi connectivity index (χ2v) is 7.81. The van der Waals surface area contributed by atoms with Crippen LogP contribution < -0.4 is 10.6 Å². The van der Waals surface area contributed by atoms with Gasteiger partial charge in [-0.2, -0.15) is 5.10 Å². The molecule has 1 atom stereocenters. The molecule has 0 radical (unpaired) electrons. The SMILES string of the molecule is O=C(Cn1cc(NC(=O)N2CCCC2c2ccc(F)cc2)cn1)NC1CCCC1. The summed E-state index contributed by atoms with van der Waals surface area (Å²) in [6, 6.07) is 6.29. The Bertz CT molecular complexity index is 860. The highest BCUT2D eigenvalue weighted by Crippen LogP contribution is 2.32. The zero-order valence-electron chi connectivity index (χ0n) is 16.3. The average Bonchev–Trinajstić information content (AvgIpc) is 3.44. The second-order valence-electron chi connectivity index (χ2n) is 7.81. The van der Waals surface area contributed by atoms with Gasteiger partial charge < -0.3 is 15.5 Å². The third-order valence-electron chi connectivity index (χ3n) is 5.68. The molecule has 29 heavy (non-hydrogen) atoms.